The summed E-state index contributed by atoms with van der Waals surface area (Å²) >= 11 is 0. The number of nitrogens with one attached hydrogen (secondary N) is 1. The molecule has 5 nitrogen and oxygen atoms in total. The van der Waals surface area contributed by atoms with Gasteiger partial charge in [-0.25, -0.2) is 0 Å². The highest BCUT2D eigenvalue weighted by Crippen LogP contribution is 2.34. The summed E-state index contributed by atoms with van der Waals surface area (Å²) in [6.45, 7) is 2.10. The summed E-state index contributed by atoms with van der Waals surface area (Å²) in [5.41, 5.74) is 1.48. The molecular weight excluding hydrogens is 326 g/mol. The minimum atomic E-state index is -0.740. The molecule has 0 aliphatic carbocycles. The van der Waals surface area contributed by atoms with E-state index in [-0.39, 0.29) is 18.4 Å². The lowest BCUT2D eigenvalue weighted by Gasteiger charge is -2.50. The first-order chi connectivity index (χ1) is 12.7. The zero-order valence-electron chi connectivity index (χ0n) is 14.7. The van der Waals surface area contributed by atoms with Crippen molar-refractivity contribution in [3.05, 3.63) is 66.2 Å². The topological polar surface area (TPSA) is 52.7 Å². The summed E-state index contributed by atoms with van der Waals surface area (Å²) in [6.07, 6.45) is 1.29. The first kappa shape index (κ1) is 16.6. The van der Waals surface area contributed by atoms with Gasteiger partial charge in [0.25, 0.3) is 0 Å². The van der Waals surface area contributed by atoms with Crippen LogP contribution in [-0.2, 0) is 16.1 Å². The fourth-order valence-corrected chi connectivity index (χ4v) is 4.05. The number of amides is 2. The van der Waals surface area contributed by atoms with Crippen molar-refractivity contribution in [2.75, 3.05) is 24.5 Å². The van der Waals surface area contributed by atoms with Gasteiger partial charge in [-0.15, -0.1) is 0 Å². The predicted octanol–water partition coefficient (Wildman–Crippen LogP) is 2.18. The monoisotopic (exact) mass is 349 g/mol. The minimum absolute atomic E-state index is 0.00149. The van der Waals surface area contributed by atoms with Crippen molar-refractivity contribution in [1.82, 2.24) is 10.2 Å². The number of carbonyl (C=O) groups is 2. The minimum Gasteiger partial charge on any atom is -0.371 e. The van der Waals surface area contributed by atoms with Crippen LogP contribution in [0.1, 0.15) is 18.4 Å². The highest BCUT2D eigenvalue weighted by atomic mass is 16.2. The molecule has 134 valence electrons. The van der Waals surface area contributed by atoms with Gasteiger partial charge in [0.15, 0.2) is 0 Å². The van der Waals surface area contributed by atoms with E-state index < -0.39 is 5.54 Å². The van der Waals surface area contributed by atoms with Crippen LogP contribution in [0.2, 0.25) is 0 Å². The van der Waals surface area contributed by atoms with E-state index in [1.807, 2.05) is 53.4 Å². The average molecular weight is 349 g/mol. The first-order valence-electron chi connectivity index (χ1n) is 9.12. The number of hydrogen-bond donors (Lipinski definition) is 1. The van der Waals surface area contributed by atoms with Gasteiger partial charge in [-0.1, -0.05) is 48.5 Å². The third-order valence-corrected chi connectivity index (χ3v) is 5.54. The number of hydrogen-bond acceptors (Lipinski definition) is 3. The molecule has 5 heteroatoms. The zero-order valence-corrected chi connectivity index (χ0v) is 14.7. The van der Waals surface area contributed by atoms with Gasteiger partial charge in [0, 0.05) is 25.3 Å². The molecule has 0 unspecified atom stereocenters. The maximum Gasteiger partial charge on any atom is 0.246 e. The highest BCUT2D eigenvalue weighted by Gasteiger charge is 2.50. The Labute approximate surface area is 153 Å². The standard InChI is InChI=1S/C21H23N3O2/c25-19-15-22-20(26)21(24(19)16-17-7-3-1-4-8-17)11-13-23(14-12-21)18-9-5-2-6-10-18/h1-10H,11-16H2,(H,22,26). The van der Waals surface area contributed by atoms with E-state index in [0.717, 1.165) is 18.7 Å². The van der Waals surface area contributed by atoms with Crippen LogP contribution < -0.4 is 10.2 Å². The van der Waals surface area contributed by atoms with Crippen LogP contribution in [0, 0.1) is 0 Å². The molecular formula is C21H23N3O2. The number of nitrogens with zero attached hydrogens (tertiary/aromatic N) is 2. The van der Waals surface area contributed by atoms with Crippen LogP contribution in [0.25, 0.3) is 0 Å². The Morgan fingerprint density at radius 1 is 0.885 bits per heavy atom. The molecule has 0 saturated carbocycles. The highest BCUT2D eigenvalue weighted by molar-refractivity contribution is 5.98. The molecule has 0 radical (unpaired) electrons. The van der Waals surface area contributed by atoms with Gasteiger partial charge in [0.05, 0.1) is 6.54 Å². The molecule has 2 aliphatic heterocycles. The van der Waals surface area contributed by atoms with Crippen LogP contribution in [0.3, 0.4) is 0 Å². The summed E-state index contributed by atoms with van der Waals surface area (Å²) in [5.74, 6) is -0.0117. The van der Waals surface area contributed by atoms with Crippen LogP contribution in [-0.4, -0.2) is 41.9 Å². The van der Waals surface area contributed by atoms with Crippen molar-refractivity contribution in [2.45, 2.75) is 24.9 Å². The molecule has 1 N–H and O–H groups in total. The number of benzene rings is 2. The van der Waals surface area contributed by atoms with Crippen molar-refractivity contribution in [3.63, 3.8) is 0 Å². The number of piperazine rings is 1. The molecule has 2 aliphatic rings. The van der Waals surface area contributed by atoms with E-state index in [1.165, 1.54) is 5.69 Å². The predicted molar refractivity (Wildman–Crippen MR) is 101 cm³/mol. The van der Waals surface area contributed by atoms with Crippen LogP contribution in [0.4, 0.5) is 5.69 Å². The number of carbonyl (C=O) groups excluding carboxylic acids is 2. The molecule has 2 amide bonds. The average Bonchev–Trinajstić information content (AvgIpc) is 2.70. The normalized spacial score (nSPS) is 19.5. The van der Waals surface area contributed by atoms with Crippen molar-refractivity contribution in [3.8, 4) is 0 Å². The summed E-state index contributed by atoms with van der Waals surface area (Å²) in [5, 5.41) is 2.81. The van der Waals surface area contributed by atoms with Crippen molar-refractivity contribution >= 4 is 17.5 Å². The van der Waals surface area contributed by atoms with Gasteiger partial charge in [-0.05, 0) is 30.5 Å². The molecule has 2 aromatic rings. The molecule has 0 bridgehead atoms. The van der Waals surface area contributed by atoms with Gasteiger partial charge in [0.2, 0.25) is 11.8 Å². The molecule has 26 heavy (non-hydrogen) atoms. The van der Waals surface area contributed by atoms with Gasteiger partial charge in [-0.2, -0.15) is 0 Å². The summed E-state index contributed by atoms with van der Waals surface area (Å²) in [6, 6.07) is 20.1. The number of rotatable bonds is 3. The number of anilines is 1. The Balaban J connectivity index is 1.57. The molecule has 2 fully saturated rings. The second kappa shape index (κ2) is 6.83. The lowest BCUT2D eigenvalue weighted by Crippen LogP contribution is -2.69. The fourth-order valence-electron chi connectivity index (χ4n) is 4.05. The molecule has 0 atom stereocenters. The van der Waals surface area contributed by atoms with Gasteiger partial charge in [-0.3, -0.25) is 9.59 Å². The summed E-state index contributed by atoms with van der Waals surface area (Å²) < 4.78 is 0. The van der Waals surface area contributed by atoms with Crippen molar-refractivity contribution in [1.29, 1.82) is 0 Å². The summed E-state index contributed by atoms with van der Waals surface area (Å²) in [7, 11) is 0. The van der Waals surface area contributed by atoms with Crippen molar-refractivity contribution < 1.29 is 9.59 Å². The van der Waals surface area contributed by atoms with E-state index in [2.05, 4.69) is 22.3 Å². The van der Waals surface area contributed by atoms with E-state index in [1.54, 1.807) is 0 Å². The van der Waals surface area contributed by atoms with E-state index in [0.29, 0.717) is 19.4 Å². The Morgan fingerprint density at radius 3 is 2.15 bits per heavy atom. The zero-order chi connectivity index (χ0) is 18.0. The second-order valence-corrected chi connectivity index (χ2v) is 7.00. The Hall–Kier alpha value is -2.82. The number of para-hydroxylation sites is 1. The Bertz CT molecular complexity index is 783. The lowest BCUT2D eigenvalue weighted by atomic mass is 9.82. The maximum absolute atomic E-state index is 12.8. The third kappa shape index (κ3) is 2.94. The molecule has 2 saturated heterocycles. The van der Waals surface area contributed by atoms with Crippen LogP contribution in [0.5, 0.6) is 0 Å². The van der Waals surface area contributed by atoms with Gasteiger partial charge >= 0.3 is 0 Å². The Morgan fingerprint density at radius 2 is 1.50 bits per heavy atom. The smallest absolute Gasteiger partial charge is 0.246 e. The second-order valence-electron chi connectivity index (χ2n) is 7.00. The van der Waals surface area contributed by atoms with Crippen molar-refractivity contribution in [2.24, 2.45) is 0 Å². The van der Waals surface area contributed by atoms with Crippen LogP contribution >= 0.6 is 0 Å². The molecule has 0 aromatic heterocycles. The van der Waals surface area contributed by atoms with E-state index in [9.17, 15) is 9.59 Å². The third-order valence-electron chi connectivity index (χ3n) is 5.54. The van der Waals surface area contributed by atoms with E-state index >= 15 is 0 Å². The summed E-state index contributed by atoms with van der Waals surface area (Å²) in [4.78, 5) is 29.6. The molecule has 2 aromatic carbocycles. The molecule has 4 rings (SSSR count). The largest absolute Gasteiger partial charge is 0.371 e. The fraction of sp³-hybridized carbons (Fsp3) is 0.333. The van der Waals surface area contributed by atoms with E-state index in [4.69, 9.17) is 0 Å². The van der Waals surface area contributed by atoms with Gasteiger partial charge < -0.3 is 15.1 Å². The lowest BCUT2D eigenvalue weighted by molar-refractivity contribution is -0.156. The van der Waals surface area contributed by atoms with Gasteiger partial charge in [0.1, 0.15) is 5.54 Å². The quantitative estimate of drug-likeness (QED) is 0.924. The number of piperidine rings is 1. The SMILES string of the molecule is O=C1CNC(=O)C2(CCN(c3ccccc3)CC2)N1Cc1ccccc1. The first-order valence-corrected chi connectivity index (χ1v) is 9.12. The maximum atomic E-state index is 12.8. The van der Waals surface area contributed by atoms with Crippen LogP contribution in [0.15, 0.2) is 60.7 Å². The molecule has 1 spiro atoms. The Kier molecular flexibility index (Phi) is 4.37. The molecule has 2 heterocycles.